The number of benzene rings is 2. The fraction of sp³-hybridized carbons (Fsp3) is 0.278. The maximum atomic E-state index is 12.6. The van der Waals surface area contributed by atoms with Crippen LogP contribution in [0.1, 0.15) is 18.1 Å². The SMILES string of the molecule is CN[C@@H](C)C(=O)NCc1cccc(-c2ccc(C(F)(F)F)cc2)c1. The van der Waals surface area contributed by atoms with Crippen LogP contribution < -0.4 is 10.6 Å². The Morgan fingerprint density at radius 2 is 1.75 bits per heavy atom. The minimum atomic E-state index is -4.34. The number of hydrogen-bond acceptors (Lipinski definition) is 2. The second kappa shape index (κ2) is 7.49. The van der Waals surface area contributed by atoms with Crippen LogP contribution in [0.3, 0.4) is 0 Å². The van der Waals surface area contributed by atoms with E-state index in [0.29, 0.717) is 12.1 Å². The first-order valence-electron chi connectivity index (χ1n) is 7.53. The van der Waals surface area contributed by atoms with E-state index in [2.05, 4.69) is 10.6 Å². The lowest BCUT2D eigenvalue weighted by Gasteiger charge is -2.12. The quantitative estimate of drug-likeness (QED) is 0.876. The zero-order valence-electron chi connectivity index (χ0n) is 13.4. The number of carbonyl (C=O) groups is 1. The Kier molecular flexibility index (Phi) is 5.62. The van der Waals surface area contributed by atoms with Crippen molar-refractivity contribution in [2.45, 2.75) is 25.7 Å². The molecule has 3 nitrogen and oxygen atoms in total. The summed E-state index contributed by atoms with van der Waals surface area (Å²) < 4.78 is 37.8. The highest BCUT2D eigenvalue weighted by atomic mass is 19.4. The monoisotopic (exact) mass is 336 g/mol. The molecule has 6 heteroatoms. The molecule has 0 spiro atoms. The van der Waals surface area contributed by atoms with Crippen molar-refractivity contribution in [3.05, 3.63) is 59.7 Å². The Hall–Kier alpha value is -2.34. The van der Waals surface area contributed by atoms with E-state index in [1.54, 1.807) is 14.0 Å². The predicted octanol–water partition coefficient (Wildman–Crippen LogP) is 3.60. The number of halogens is 3. The molecule has 1 amide bonds. The lowest BCUT2D eigenvalue weighted by atomic mass is 10.0. The van der Waals surface area contributed by atoms with Crippen LogP contribution in [-0.2, 0) is 17.5 Å². The first-order valence-corrected chi connectivity index (χ1v) is 7.53. The molecule has 0 aliphatic carbocycles. The molecule has 0 aliphatic heterocycles. The molecule has 24 heavy (non-hydrogen) atoms. The highest BCUT2D eigenvalue weighted by Crippen LogP contribution is 2.31. The summed E-state index contributed by atoms with van der Waals surface area (Å²) in [5, 5.41) is 5.66. The molecule has 2 N–H and O–H groups in total. The molecule has 0 saturated carbocycles. The zero-order chi connectivity index (χ0) is 17.7. The van der Waals surface area contributed by atoms with Gasteiger partial charge in [-0.25, -0.2) is 0 Å². The molecule has 128 valence electrons. The van der Waals surface area contributed by atoms with Gasteiger partial charge in [-0.3, -0.25) is 4.79 Å². The lowest BCUT2D eigenvalue weighted by Crippen LogP contribution is -2.39. The molecule has 2 aromatic carbocycles. The third kappa shape index (κ3) is 4.58. The van der Waals surface area contributed by atoms with Crippen LogP contribution in [0.15, 0.2) is 48.5 Å². The van der Waals surface area contributed by atoms with Crippen LogP contribution in [0, 0.1) is 0 Å². The van der Waals surface area contributed by atoms with Gasteiger partial charge in [0.05, 0.1) is 11.6 Å². The summed E-state index contributed by atoms with van der Waals surface area (Å²) >= 11 is 0. The molecular formula is C18H19F3N2O. The summed E-state index contributed by atoms with van der Waals surface area (Å²) in [6.45, 7) is 2.12. The third-order valence-corrected chi connectivity index (χ3v) is 3.77. The van der Waals surface area contributed by atoms with Gasteiger partial charge >= 0.3 is 6.18 Å². The van der Waals surface area contributed by atoms with Crippen molar-refractivity contribution in [1.29, 1.82) is 0 Å². The number of hydrogen-bond donors (Lipinski definition) is 2. The molecule has 0 saturated heterocycles. The topological polar surface area (TPSA) is 41.1 Å². The van der Waals surface area contributed by atoms with Gasteiger partial charge in [0.1, 0.15) is 0 Å². The summed E-state index contributed by atoms with van der Waals surface area (Å²) in [5.74, 6) is -0.113. The number of amides is 1. The van der Waals surface area contributed by atoms with Gasteiger partial charge in [0.25, 0.3) is 0 Å². The van der Waals surface area contributed by atoms with Gasteiger partial charge in [-0.05, 0) is 48.9 Å². The maximum Gasteiger partial charge on any atom is 0.416 e. The summed E-state index contributed by atoms with van der Waals surface area (Å²) in [4.78, 5) is 11.8. The minimum Gasteiger partial charge on any atom is -0.351 e. The van der Waals surface area contributed by atoms with Crippen molar-refractivity contribution in [3.8, 4) is 11.1 Å². The first kappa shape index (κ1) is 18.0. The predicted molar refractivity (Wildman–Crippen MR) is 87.2 cm³/mol. The van der Waals surface area contributed by atoms with E-state index in [9.17, 15) is 18.0 Å². The standard InChI is InChI=1S/C18H19F3N2O/c1-12(22-2)17(24)23-11-13-4-3-5-15(10-13)14-6-8-16(9-7-14)18(19,20)21/h3-10,12,22H,11H2,1-2H3,(H,23,24)/t12-/m0/s1. The van der Waals surface area contributed by atoms with Crippen LogP contribution >= 0.6 is 0 Å². The van der Waals surface area contributed by atoms with Gasteiger partial charge < -0.3 is 10.6 Å². The Morgan fingerprint density at radius 3 is 2.33 bits per heavy atom. The van der Waals surface area contributed by atoms with E-state index < -0.39 is 11.7 Å². The van der Waals surface area contributed by atoms with E-state index in [4.69, 9.17) is 0 Å². The van der Waals surface area contributed by atoms with Crippen LogP contribution in [-0.4, -0.2) is 19.0 Å². The van der Waals surface area contributed by atoms with Crippen molar-refractivity contribution in [2.24, 2.45) is 0 Å². The second-order valence-corrected chi connectivity index (χ2v) is 5.50. The van der Waals surface area contributed by atoms with Crippen molar-refractivity contribution in [1.82, 2.24) is 10.6 Å². The van der Waals surface area contributed by atoms with Crippen molar-refractivity contribution in [2.75, 3.05) is 7.05 Å². The van der Waals surface area contributed by atoms with Gasteiger partial charge in [-0.15, -0.1) is 0 Å². The van der Waals surface area contributed by atoms with Crippen LogP contribution in [0.25, 0.3) is 11.1 Å². The smallest absolute Gasteiger partial charge is 0.351 e. The largest absolute Gasteiger partial charge is 0.416 e. The third-order valence-electron chi connectivity index (χ3n) is 3.77. The molecule has 0 bridgehead atoms. The number of likely N-dealkylation sites (N-methyl/N-ethyl adjacent to an activating group) is 1. The molecular weight excluding hydrogens is 317 g/mol. The van der Waals surface area contributed by atoms with E-state index in [1.165, 1.54) is 12.1 Å². The fourth-order valence-corrected chi connectivity index (χ4v) is 2.19. The Labute approximate surface area is 138 Å². The number of alkyl halides is 3. The molecule has 1 atom stereocenters. The van der Waals surface area contributed by atoms with Crippen LogP contribution in [0.5, 0.6) is 0 Å². The Balaban J connectivity index is 2.11. The molecule has 2 rings (SSSR count). The molecule has 0 radical (unpaired) electrons. The number of nitrogens with one attached hydrogen (secondary N) is 2. The van der Waals surface area contributed by atoms with Gasteiger partial charge in [0, 0.05) is 6.54 Å². The second-order valence-electron chi connectivity index (χ2n) is 5.50. The maximum absolute atomic E-state index is 12.6. The summed E-state index contributed by atoms with van der Waals surface area (Å²) in [5.41, 5.74) is 1.71. The first-order chi connectivity index (χ1) is 11.3. The molecule has 0 heterocycles. The fourth-order valence-electron chi connectivity index (χ4n) is 2.19. The van der Waals surface area contributed by atoms with E-state index in [1.807, 2.05) is 24.3 Å². The molecule has 0 fully saturated rings. The highest BCUT2D eigenvalue weighted by Gasteiger charge is 2.29. The van der Waals surface area contributed by atoms with E-state index >= 15 is 0 Å². The Morgan fingerprint density at radius 1 is 1.08 bits per heavy atom. The minimum absolute atomic E-state index is 0.113. The van der Waals surface area contributed by atoms with E-state index in [0.717, 1.165) is 23.3 Å². The molecule has 0 aromatic heterocycles. The average Bonchev–Trinajstić information content (AvgIpc) is 2.58. The normalized spacial score (nSPS) is 12.7. The van der Waals surface area contributed by atoms with Gasteiger partial charge in [0.15, 0.2) is 0 Å². The average molecular weight is 336 g/mol. The number of rotatable bonds is 5. The number of carbonyl (C=O) groups excluding carboxylic acids is 1. The van der Waals surface area contributed by atoms with Gasteiger partial charge in [-0.2, -0.15) is 13.2 Å². The summed E-state index contributed by atoms with van der Waals surface area (Å²) in [6, 6.07) is 12.1. The Bertz CT molecular complexity index is 696. The summed E-state index contributed by atoms with van der Waals surface area (Å²) in [6.07, 6.45) is -4.34. The highest BCUT2D eigenvalue weighted by molar-refractivity contribution is 5.81. The van der Waals surface area contributed by atoms with E-state index in [-0.39, 0.29) is 11.9 Å². The van der Waals surface area contributed by atoms with Crippen molar-refractivity contribution in [3.63, 3.8) is 0 Å². The molecule has 2 aromatic rings. The van der Waals surface area contributed by atoms with Crippen molar-refractivity contribution >= 4 is 5.91 Å². The molecule has 0 aliphatic rings. The van der Waals surface area contributed by atoms with Gasteiger partial charge in [-0.1, -0.05) is 30.3 Å². The van der Waals surface area contributed by atoms with Crippen molar-refractivity contribution < 1.29 is 18.0 Å². The summed E-state index contributed by atoms with van der Waals surface area (Å²) in [7, 11) is 1.70. The van der Waals surface area contributed by atoms with Crippen LogP contribution in [0.4, 0.5) is 13.2 Å². The van der Waals surface area contributed by atoms with Crippen LogP contribution in [0.2, 0.25) is 0 Å². The molecule has 0 unspecified atom stereocenters. The van der Waals surface area contributed by atoms with Gasteiger partial charge in [0.2, 0.25) is 5.91 Å². The zero-order valence-corrected chi connectivity index (χ0v) is 13.4. The lowest BCUT2D eigenvalue weighted by molar-refractivity contribution is -0.137.